The van der Waals surface area contributed by atoms with E-state index in [1.165, 1.54) is 11.1 Å². The van der Waals surface area contributed by atoms with Crippen LogP contribution in [0.3, 0.4) is 0 Å². The number of para-hydroxylation sites is 1. The first kappa shape index (κ1) is 13.2. The Morgan fingerprint density at radius 1 is 1.06 bits per heavy atom. The van der Waals surface area contributed by atoms with E-state index in [1.54, 1.807) is 0 Å². The summed E-state index contributed by atoms with van der Waals surface area (Å²) in [5.74, 6) is 0.932. The van der Waals surface area contributed by atoms with Gasteiger partial charge in [0, 0.05) is 0 Å². The molecule has 0 saturated heterocycles. The predicted octanol–water partition coefficient (Wildman–Crippen LogP) is 5.22. The van der Waals surface area contributed by atoms with E-state index in [1.807, 2.05) is 6.92 Å². The van der Waals surface area contributed by atoms with Crippen molar-refractivity contribution in [3.05, 3.63) is 29.3 Å². The number of rotatable bonds is 3. The first-order chi connectivity index (χ1) is 7.43. The molecule has 0 bridgehead atoms. The Balaban J connectivity index is 3.41. The maximum Gasteiger partial charge on any atom is 0.103 e. The van der Waals surface area contributed by atoms with E-state index in [0.29, 0.717) is 17.0 Å². The second-order valence-electron chi connectivity index (χ2n) is 4.70. The lowest BCUT2D eigenvalue weighted by molar-refractivity contribution is 0.835. The van der Waals surface area contributed by atoms with Gasteiger partial charge in [-0.3, -0.25) is 0 Å². The van der Waals surface area contributed by atoms with Crippen molar-refractivity contribution >= 4 is 22.5 Å². The number of halogens is 1. The fourth-order valence-corrected chi connectivity index (χ4v) is 1.88. The third-order valence-electron chi connectivity index (χ3n) is 2.61. The summed E-state index contributed by atoms with van der Waals surface area (Å²) < 4.78 is 0. The maximum absolute atomic E-state index is 5.92. The molecule has 0 aromatic heterocycles. The molecule has 0 unspecified atom stereocenters. The Kier molecular flexibility index (Phi) is 4.55. The van der Waals surface area contributed by atoms with Crippen molar-refractivity contribution in [1.82, 2.24) is 0 Å². The molecule has 1 rings (SSSR count). The van der Waals surface area contributed by atoms with Crippen LogP contribution in [0.25, 0.3) is 0 Å². The fraction of sp³-hybridized carbons (Fsp3) is 0.500. The highest BCUT2D eigenvalue weighted by Crippen LogP contribution is 2.34. The van der Waals surface area contributed by atoms with Crippen LogP contribution in [0.5, 0.6) is 0 Å². The van der Waals surface area contributed by atoms with Gasteiger partial charge in [-0.1, -0.05) is 57.5 Å². The summed E-state index contributed by atoms with van der Waals surface area (Å²) in [6.07, 6.45) is 0. The van der Waals surface area contributed by atoms with Gasteiger partial charge in [0.2, 0.25) is 0 Å². The van der Waals surface area contributed by atoms with Crippen LogP contribution in [0.2, 0.25) is 0 Å². The second kappa shape index (κ2) is 5.49. The number of hydrogen-bond donors (Lipinski definition) is 0. The normalized spacial score (nSPS) is 12.6. The highest BCUT2D eigenvalue weighted by molar-refractivity contribution is 6.65. The largest absolute Gasteiger partial charge is 0.241 e. The lowest BCUT2D eigenvalue weighted by Crippen LogP contribution is -1.96. The average Bonchev–Trinajstić information content (AvgIpc) is 2.16. The zero-order valence-electron chi connectivity index (χ0n) is 10.7. The van der Waals surface area contributed by atoms with Gasteiger partial charge in [-0.25, -0.2) is 4.99 Å². The van der Waals surface area contributed by atoms with E-state index in [-0.39, 0.29) is 0 Å². The third-order valence-corrected chi connectivity index (χ3v) is 2.69. The van der Waals surface area contributed by atoms with Crippen LogP contribution >= 0.6 is 11.6 Å². The van der Waals surface area contributed by atoms with Crippen LogP contribution in [0.1, 0.15) is 57.6 Å². The van der Waals surface area contributed by atoms with Crippen molar-refractivity contribution in [1.29, 1.82) is 0 Å². The van der Waals surface area contributed by atoms with Gasteiger partial charge >= 0.3 is 0 Å². The zero-order valence-corrected chi connectivity index (χ0v) is 11.5. The van der Waals surface area contributed by atoms with Crippen molar-refractivity contribution in [3.63, 3.8) is 0 Å². The summed E-state index contributed by atoms with van der Waals surface area (Å²) in [5.41, 5.74) is 3.59. The lowest BCUT2D eigenvalue weighted by atomic mass is 9.93. The molecule has 0 fully saturated rings. The van der Waals surface area contributed by atoms with Gasteiger partial charge in [-0.15, -0.1) is 0 Å². The van der Waals surface area contributed by atoms with Crippen molar-refractivity contribution < 1.29 is 0 Å². The van der Waals surface area contributed by atoms with E-state index in [9.17, 15) is 0 Å². The van der Waals surface area contributed by atoms with Crippen molar-refractivity contribution in [3.8, 4) is 0 Å². The molecule has 0 radical (unpaired) electrons. The molecule has 88 valence electrons. The van der Waals surface area contributed by atoms with Crippen LogP contribution in [-0.2, 0) is 0 Å². The molecule has 0 spiro atoms. The monoisotopic (exact) mass is 237 g/mol. The summed E-state index contributed by atoms with van der Waals surface area (Å²) in [4.78, 5) is 4.48. The van der Waals surface area contributed by atoms with E-state index < -0.39 is 0 Å². The first-order valence-corrected chi connectivity index (χ1v) is 6.14. The highest BCUT2D eigenvalue weighted by atomic mass is 35.5. The molecule has 0 saturated carbocycles. The van der Waals surface area contributed by atoms with E-state index in [4.69, 9.17) is 11.6 Å². The minimum Gasteiger partial charge on any atom is -0.241 e. The molecule has 0 aliphatic carbocycles. The molecular weight excluding hydrogens is 218 g/mol. The Hall–Kier alpha value is -0.820. The van der Waals surface area contributed by atoms with Crippen LogP contribution < -0.4 is 0 Å². The molecule has 0 aliphatic heterocycles. The molecule has 0 amide bonds. The van der Waals surface area contributed by atoms with Gasteiger partial charge in [0.1, 0.15) is 5.17 Å². The Morgan fingerprint density at radius 3 is 1.81 bits per heavy atom. The third kappa shape index (κ3) is 3.08. The van der Waals surface area contributed by atoms with Crippen LogP contribution in [0.4, 0.5) is 5.69 Å². The molecule has 0 N–H and O–H groups in total. The summed E-state index contributed by atoms with van der Waals surface area (Å²) in [5, 5.41) is 0.593. The summed E-state index contributed by atoms with van der Waals surface area (Å²) in [7, 11) is 0. The van der Waals surface area contributed by atoms with Crippen LogP contribution in [0.15, 0.2) is 23.2 Å². The molecule has 0 atom stereocenters. The maximum atomic E-state index is 5.92. The van der Waals surface area contributed by atoms with Crippen molar-refractivity contribution in [2.45, 2.75) is 46.5 Å². The molecule has 16 heavy (non-hydrogen) atoms. The highest BCUT2D eigenvalue weighted by Gasteiger charge is 2.12. The minimum atomic E-state index is 0.466. The molecule has 0 heterocycles. The predicted molar refractivity (Wildman–Crippen MR) is 73.2 cm³/mol. The molecule has 2 heteroatoms. The average molecular weight is 238 g/mol. The van der Waals surface area contributed by atoms with Gasteiger partial charge in [0.15, 0.2) is 0 Å². The van der Waals surface area contributed by atoms with Crippen molar-refractivity contribution in [2.75, 3.05) is 0 Å². The van der Waals surface area contributed by atoms with Gasteiger partial charge < -0.3 is 0 Å². The van der Waals surface area contributed by atoms with E-state index in [0.717, 1.165) is 5.69 Å². The van der Waals surface area contributed by atoms with Gasteiger partial charge in [-0.2, -0.15) is 0 Å². The van der Waals surface area contributed by atoms with E-state index in [2.05, 4.69) is 50.9 Å². The summed E-state index contributed by atoms with van der Waals surface area (Å²) >= 11 is 5.92. The first-order valence-electron chi connectivity index (χ1n) is 5.77. The molecule has 1 aromatic carbocycles. The summed E-state index contributed by atoms with van der Waals surface area (Å²) in [6, 6.07) is 6.37. The topological polar surface area (TPSA) is 12.4 Å². The Morgan fingerprint density at radius 2 is 1.50 bits per heavy atom. The van der Waals surface area contributed by atoms with Crippen molar-refractivity contribution in [2.24, 2.45) is 4.99 Å². The molecule has 0 aliphatic rings. The van der Waals surface area contributed by atoms with Crippen LogP contribution in [0, 0.1) is 0 Å². The second-order valence-corrected chi connectivity index (χ2v) is 5.25. The van der Waals surface area contributed by atoms with Gasteiger partial charge in [0.05, 0.1) is 5.69 Å². The zero-order chi connectivity index (χ0) is 12.3. The number of benzene rings is 1. The molecule has 1 nitrogen and oxygen atoms in total. The number of nitrogens with zero attached hydrogens (tertiary/aromatic N) is 1. The van der Waals surface area contributed by atoms with Gasteiger partial charge in [0.25, 0.3) is 0 Å². The summed E-state index contributed by atoms with van der Waals surface area (Å²) in [6.45, 7) is 10.6. The van der Waals surface area contributed by atoms with Crippen LogP contribution in [-0.4, -0.2) is 5.17 Å². The van der Waals surface area contributed by atoms with E-state index >= 15 is 0 Å². The SMILES string of the molecule is CC(Cl)=Nc1c(C(C)C)cccc1C(C)C. The molecular formula is C14H20ClN. The molecule has 1 aromatic rings. The standard InChI is InChI=1S/C14H20ClN/c1-9(2)12-7-6-8-13(10(3)4)14(12)16-11(5)15/h6-10H,1-5H3. The fourth-order valence-electron chi connectivity index (χ4n) is 1.79. The Labute approximate surface area is 104 Å². The Bertz CT molecular complexity index is 361. The number of aliphatic imine (C=N–C) groups is 1. The minimum absolute atomic E-state index is 0.466. The van der Waals surface area contributed by atoms with Gasteiger partial charge in [-0.05, 0) is 29.9 Å². The lowest BCUT2D eigenvalue weighted by Gasteiger charge is -2.16. The number of hydrogen-bond acceptors (Lipinski definition) is 1. The smallest absolute Gasteiger partial charge is 0.103 e. The quantitative estimate of drug-likeness (QED) is 0.639.